The molecule has 0 aromatic heterocycles. The number of nitrogens with one attached hydrogen (secondary N) is 2. The van der Waals surface area contributed by atoms with Crippen molar-refractivity contribution < 1.29 is 9.59 Å². The number of rotatable bonds is 5. The molecule has 2 aliphatic carbocycles. The Morgan fingerprint density at radius 2 is 1.32 bits per heavy atom. The lowest BCUT2D eigenvalue weighted by Gasteiger charge is -2.28. The van der Waals surface area contributed by atoms with Crippen LogP contribution in [-0.4, -0.2) is 32.0 Å². The van der Waals surface area contributed by atoms with Crippen molar-refractivity contribution in [2.45, 2.75) is 70.3 Å². The van der Waals surface area contributed by atoms with E-state index in [4.69, 9.17) is 0 Å². The van der Waals surface area contributed by atoms with Crippen LogP contribution in [0.15, 0.2) is 24.3 Å². The third-order valence-electron chi connectivity index (χ3n) is 6.32. The van der Waals surface area contributed by atoms with Crippen LogP contribution in [0.25, 0.3) is 0 Å². The Labute approximate surface area is 169 Å². The van der Waals surface area contributed by atoms with Gasteiger partial charge in [0.15, 0.2) is 0 Å². The quantitative estimate of drug-likeness (QED) is 0.741. The zero-order valence-electron chi connectivity index (χ0n) is 17.4. The van der Waals surface area contributed by atoms with Gasteiger partial charge in [0, 0.05) is 43.3 Å². The maximum Gasteiger partial charge on any atom is 0.227 e. The van der Waals surface area contributed by atoms with E-state index in [2.05, 4.69) is 10.6 Å². The number of benzene rings is 1. The van der Waals surface area contributed by atoms with Crippen molar-refractivity contribution in [1.29, 1.82) is 0 Å². The molecule has 0 aliphatic heterocycles. The Morgan fingerprint density at radius 3 is 1.86 bits per heavy atom. The first-order valence-electron chi connectivity index (χ1n) is 10.9. The molecule has 154 valence electrons. The van der Waals surface area contributed by atoms with Crippen molar-refractivity contribution in [3.05, 3.63) is 24.3 Å². The number of anilines is 2. The molecule has 2 amide bonds. The van der Waals surface area contributed by atoms with Gasteiger partial charge in [-0.25, -0.2) is 0 Å². The van der Waals surface area contributed by atoms with E-state index in [1.54, 1.807) is 0 Å². The molecule has 2 saturated carbocycles. The summed E-state index contributed by atoms with van der Waals surface area (Å²) in [5, 5.41) is 6.32. The molecule has 0 heterocycles. The van der Waals surface area contributed by atoms with Crippen LogP contribution in [0.4, 0.5) is 11.4 Å². The van der Waals surface area contributed by atoms with E-state index in [9.17, 15) is 9.59 Å². The molecule has 2 N–H and O–H groups in total. The fourth-order valence-corrected chi connectivity index (χ4v) is 4.45. The molecule has 5 nitrogen and oxygen atoms in total. The minimum atomic E-state index is 0.00968. The van der Waals surface area contributed by atoms with Gasteiger partial charge in [-0.1, -0.05) is 25.7 Å². The minimum Gasteiger partial charge on any atom is -0.378 e. The normalized spacial score (nSPS) is 23.5. The molecule has 28 heavy (non-hydrogen) atoms. The van der Waals surface area contributed by atoms with E-state index in [0.29, 0.717) is 6.04 Å². The average molecular weight is 386 g/mol. The Bertz CT molecular complexity index is 640. The highest BCUT2D eigenvalue weighted by molar-refractivity contribution is 5.93. The van der Waals surface area contributed by atoms with Crippen LogP contribution in [0.3, 0.4) is 0 Å². The van der Waals surface area contributed by atoms with Crippen molar-refractivity contribution in [2.24, 2.45) is 11.8 Å². The smallest absolute Gasteiger partial charge is 0.227 e. The van der Waals surface area contributed by atoms with E-state index in [1.165, 1.54) is 25.7 Å². The molecule has 5 heteroatoms. The Kier molecular flexibility index (Phi) is 7.35. The van der Waals surface area contributed by atoms with E-state index < -0.39 is 0 Å². The molecule has 0 saturated heterocycles. The van der Waals surface area contributed by atoms with E-state index in [1.807, 2.05) is 43.3 Å². The summed E-state index contributed by atoms with van der Waals surface area (Å²) in [5.74, 6) is 0.382. The Balaban J connectivity index is 1.43. The fourth-order valence-electron chi connectivity index (χ4n) is 4.45. The fraction of sp³-hybridized carbons (Fsp3) is 0.652. The maximum atomic E-state index is 12.6. The highest BCUT2D eigenvalue weighted by Crippen LogP contribution is 2.30. The van der Waals surface area contributed by atoms with Gasteiger partial charge in [0.25, 0.3) is 0 Å². The molecule has 2 aliphatic rings. The standard InChI is InChI=1S/C23H35N3O2/c1-26(2)21-15-13-20(14-16-21)25-23(28)18-11-9-17(10-12-18)22(27)24-19-7-5-3-4-6-8-19/h13-19H,3-12H2,1-2H3,(H,24,27)(H,25,28). The number of hydrogen-bond acceptors (Lipinski definition) is 3. The lowest BCUT2D eigenvalue weighted by Crippen LogP contribution is -2.40. The molecule has 0 atom stereocenters. The molecule has 0 unspecified atom stereocenters. The summed E-state index contributed by atoms with van der Waals surface area (Å²) in [6.07, 6.45) is 10.5. The topological polar surface area (TPSA) is 61.4 Å². The third kappa shape index (κ3) is 5.73. The van der Waals surface area contributed by atoms with E-state index in [-0.39, 0.29) is 23.7 Å². The molecular weight excluding hydrogens is 350 g/mol. The summed E-state index contributed by atoms with van der Waals surface area (Å²) in [7, 11) is 4.00. The van der Waals surface area contributed by atoms with Gasteiger partial charge in [-0.3, -0.25) is 9.59 Å². The first kappa shape index (κ1) is 20.7. The van der Waals surface area contributed by atoms with Gasteiger partial charge in [-0.15, -0.1) is 0 Å². The van der Waals surface area contributed by atoms with Gasteiger partial charge >= 0.3 is 0 Å². The van der Waals surface area contributed by atoms with Crippen LogP contribution in [0.2, 0.25) is 0 Å². The van der Waals surface area contributed by atoms with Crippen LogP contribution in [0.5, 0.6) is 0 Å². The Hall–Kier alpha value is -2.04. The van der Waals surface area contributed by atoms with Gasteiger partial charge in [0.05, 0.1) is 0 Å². The van der Waals surface area contributed by atoms with Crippen LogP contribution < -0.4 is 15.5 Å². The lowest BCUT2D eigenvalue weighted by molar-refractivity contribution is -0.129. The van der Waals surface area contributed by atoms with E-state index in [0.717, 1.165) is 49.9 Å². The summed E-state index contributed by atoms with van der Waals surface area (Å²) in [5.41, 5.74) is 1.95. The zero-order valence-corrected chi connectivity index (χ0v) is 17.4. The second kappa shape index (κ2) is 9.94. The summed E-state index contributed by atoms with van der Waals surface area (Å²) in [6, 6.07) is 8.26. The first-order chi connectivity index (χ1) is 13.5. The van der Waals surface area contributed by atoms with Crippen LogP contribution in [0, 0.1) is 11.8 Å². The average Bonchev–Trinajstić information content (AvgIpc) is 2.97. The number of hydrogen-bond donors (Lipinski definition) is 2. The maximum absolute atomic E-state index is 12.6. The van der Waals surface area contributed by atoms with Crippen molar-refractivity contribution in [3.8, 4) is 0 Å². The number of amides is 2. The second-order valence-electron chi connectivity index (χ2n) is 8.68. The molecule has 1 aromatic rings. The monoisotopic (exact) mass is 385 g/mol. The first-order valence-corrected chi connectivity index (χ1v) is 10.9. The SMILES string of the molecule is CN(C)c1ccc(NC(=O)C2CCC(C(=O)NC3CCCCCC3)CC2)cc1. The van der Waals surface area contributed by atoms with Crippen molar-refractivity contribution in [1.82, 2.24) is 5.32 Å². The Morgan fingerprint density at radius 1 is 0.786 bits per heavy atom. The molecule has 0 spiro atoms. The molecular formula is C23H35N3O2. The molecule has 2 fully saturated rings. The predicted molar refractivity (Wildman–Crippen MR) is 114 cm³/mol. The van der Waals surface area contributed by atoms with E-state index >= 15 is 0 Å². The summed E-state index contributed by atoms with van der Waals surface area (Å²) in [6.45, 7) is 0. The van der Waals surface area contributed by atoms with Crippen molar-refractivity contribution >= 4 is 23.2 Å². The number of nitrogens with zero attached hydrogens (tertiary/aromatic N) is 1. The summed E-state index contributed by atoms with van der Waals surface area (Å²) in [4.78, 5) is 27.2. The predicted octanol–water partition coefficient (Wildman–Crippen LogP) is 4.34. The van der Waals surface area contributed by atoms with Crippen molar-refractivity contribution in [2.75, 3.05) is 24.3 Å². The third-order valence-corrected chi connectivity index (χ3v) is 6.32. The van der Waals surface area contributed by atoms with Crippen molar-refractivity contribution in [3.63, 3.8) is 0 Å². The highest BCUT2D eigenvalue weighted by Gasteiger charge is 2.30. The number of carbonyl (C=O) groups excluding carboxylic acids is 2. The second-order valence-corrected chi connectivity index (χ2v) is 8.68. The van der Waals surface area contributed by atoms with Crippen LogP contribution >= 0.6 is 0 Å². The van der Waals surface area contributed by atoms with Crippen LogP contribution in [0.1, 0.15) is 64.2 Å². The van der Waals surface area contributed by atoms with Crippen LogP contribution in [-0.2, 0) is 9.59 Å². The molecule has 3 rings (SSSR count). The van der Waals surface area contributed by atoms with Gasteiger partial charge < -0.3 is 15.5 Å². The highest BCUT2D eigenvalue weighted by atomic mass is 16.2. The number of carbonyl (C=O) groups is 2. The molecule has 0 radical (unpaired) electrons. The zero-order chi connectivity index (χ0) is 19.9. The lowest BCUT2D eigenvalue weighted by atomic mass is 9.81. The van der Waals surface area contributed by atoms with Gasteiger partial charge in [-0.05, 0) is 62.8 Å². The van der Waals surface area contributed by atoms with Gasteiger partial charge in [0.2, 0.25) is 11.8 Å². The molecule has 1 aromatic carbocycles. The summed E-state index contributed by atoms with van der Waals surface area (Å²) >= 11 is 0. The van der Waals surface area contributed by atoms with Gasteiger partial charge in [0.1, 0.15) is 0 Å². The largest absolute Gasteiger partial charge is 0.378 e. The molecule has 0 bridgehead atoms. The van der Waals surface area contributed by atoms with Gasteiger partial charge in [-0.2, -0.15) is 0 Å². The summed E-state index contributed by atoms with van der Waals surface area (Å²) < 4.78 is 0. The minimum absolute atomic E-state index is 0.00968.